The van der Waals surface area contributed by atoms with Crippen LogP contribution in [-0.4, -0.2) is 53.9 Å². The largest absolute Gasteiger partial charge is 0.493 e. The van der Waals surface area contributed by atoms with Gasteiger partial charge in [0.15, 0.2) is 17.7 Å². The minimum atomic E-state index is -0.287. The van der Waals surface area contributed by atoms with Gasteiger partial charge in [0.2, 0.25) is 0 Å². The molecule has 4 rings (SSSR count). The molecule has 0 aliphatic carbocycles. The predicted molar refractivity (Wildman–Crippen MR) is 121 cm³/mol. The second-order valence-corrected chi connectivity index (χ2v) is 7.97. The van der Waals surface area contributed by atoms with Gasteiger partial charge in [-0.1, -0.05) is 28.9 Å². The SMILES string of the molecule is CCC(Oc1cc2c(Nc3cccc(Br)c3)ncnc2cc1OC)N1CCOC(=O)C1. The number of hydrogen-bond donors (Lipinski definition) is 1. The number of halogens is 1. The Hall–Kier alpha value is -2.91. The highest BCUT2D eigenvalue weighted by molar-refractivity contribution is 9.10. The van der Waals surface area contributed by atoms with Crippen LogP contribution in [0.2, 0.25) is 0 Å². The molecule has 1 atom stereocenters. The molecule has 2 aromatic carbocycles. The number of carbonyl (C=O) groups excluding carboxylic acids is 1. The summed E-state index contributed by atoms with van der Waals surface area (Å²) in [5, 5.41) is 4.14. The van der Waals surface area contributed by atoms with Gasteiger partial charge in [-0.25, -0.2) is 9.97 Å². The van der Waals surface area contributed by atoms with Crippen LogP contribution in [0, 0.1) is 0 Å². The van der Waals surface area contributed by atoms with E-state index in [1.807, 2.05) is 48.2 Å². The van der Waals surface area contributed by atoms with Gasteiger partial charge in [0.25, 0.3) is 0 Å². The molecule has 9 heteroatoms. The Morgan fingerprint density at radius 2 is 2.13 bits per heavy atom. The van der Waals surface area contributed by atoms with Gasteiger partial charge in [-0.2, -0.15) is 0 Å². The maximum absolute atomic E-state index is 11.7. The van der Waals surface area contributed by atoms with Gasteiger partial charge in [-0.05, 0) is 30.7 Å². The van der Waals surface area contributed by atoms with Crippen molar-refractivity contribution in [2.45, 2.75) is 19.6 Å². The summed E-state index contributed by atoms with van der Waals surface area (Å²) in [5.74, 6) is 1.54. The molecular weight excluding hydrogens is 464 g/mol. The van der Waals surface area contributed by atoms with Crippen molar-refractivity contribution in [1.29, 1.82) is 0 Å². The number of ether oxygens (including phenoxy) is 3. The lowest BCUT2D eigenvalue weighted by Gasteiger charge is -2.33. The number of benzene rings is 2. The van der Waals surface area contributed by atoms with Crippen molar-refractivity contribution in [3.8, 4) is 11.5 Å². The van der Waals surface area contributed by atoms with E-state index in [-0.39, 0.29) is 18.7 Å². The van der Waals surface area contributed by atoms with Crippen LogP contribution in [0.4, 0.5) is 11.5 Å². The van der Waals surface area contributed by atoms with E-state index >= 15 is 0 Å². The van der Waals surface area contributed by atoms with Crippen LogP contribution < -0.4 is 14.8 Å². The summed E-state index contributed by atoms with van der Waals surface area (Å²) < 4.78 is 17.9. The minimum Gasteiger partial charge on any atom is -0.493 e. The number of cyclic esters (lactones) is 1. The molecule has 8 nitrogen and oxygen atoms in total. The fourth-order valence-corrected chi connectivity index (χ4v) is 3.89. The number of esters is 1. The lowest BCUT2D eigenvalue weighted by Crippen LogP contribution is -2.48. The standard InChI is InChI=1S/C22H23BrN4O4/c1-3-20(27-7-8-30-21(28)12-27)31-19-10-16-17(11-18(19)29-2)24-13-25-22(16)26-15-6-4-5-14(23)9-15/h4-6,9-11,13,20H,3,7-8,12H2,1-2H3,(H,24,25,26). The van der Waals surface area contributed by atoms with Crippen molar-refractivity contribution in [1.82, 2.24) is 14.9 Å². The van der Waals surface area contributed by atoms with Crippen molar-refractivity contribution in [2.24, 2.45) is 0 Å². The minimum absolute atomic E-state index is 0.202. The lowest BCUT2D eigenvalue weighted by molar-refractivity contribution is -0.155. The zero-order valence-electron chi connectivity index (χ0n) is 17.3. The molecule has 1 aromatic heterocycles. The van der Waals surface area contributed by atoms with Gasteiger partial charge in [0.1, 0.15) is 18.8 Å². The third kappa shape index (κ3) is 4.88. The van der Waals surface area contributed by atoms with E-state index in [0.29, 0.717) is 36.9 Å². The van der Waals surface area contributed by atoms with Crippen molar-refractivity contribution >= 4 is 44.3 Å². The molecule has 1 N–H and O–H groups in total. The lowest BCUT2D eigenvalue weighted by atomic mass is 10.2. The average molecular weight is 487 g/mol. The third-order valence-corrected chi connectivity index (χ3v) is 5.49. The van der Waals surface area contributed by atoms with Crippen LogP contribution in [0.3, 0.4) is 0 Å². The molecule has 0 radical (unpaired) electrons. The number of carbonyl (C=O) groups is 1. The van der Waals surface area contributed by atoms with Crippen LogP contribution >= 0.6 is 15.9 Å². The van der Waals surface area contributed by atoms with Crippen LogP contribution in [0.5, 0.6) is 11.5 Å². The Bertz CT molecular complexity index is 1090. The fourth-order valence-electron chi connectivity index (χ4n) is 3.49. The molecule has 162 valence electrons. The molecule has 1 saturated heterocycles. The molecule has 1 aliphatic heterocycles. The van der Waals surface area contributed by atoms with Gasteiger partial charge in [-0.15, -0.1) is 0 Å². The van der Waals surface area contributed by atoms with Gasteiger partial charge < -0.3 is 19.5 Å². The summed E-state index contributed by atoms with van der Waals surface area (Å²) in [6, 6.07) is 11.5. The summed E-state index contributed by atoms with van der Waals surface area (Å²) in [6.07, 6.45) is 1.92. The molecule has 2 heterocycles. The number of rotatable bonds is 7. The first-order chi connectivity index (χ1) is 15.1. The third-order valence-electron chi connectivity index (χ3n) is 5.00. The smallest absolute Gasteiger partial charge is 0.320 e. The van der Waals surface area contributed by atoms with E-state index < -0.39 is 0 Å². The second kappa shape index (κ2) is 9.49. The van der Waals surface area contributed by atoms with Crippen molar-refractivity contribution in [3.63, 3.8) is 0 Å². The second-order valence-electron chi connectivity index (χ2n) is 7.05. The van der Waals surface area contributed by atoms with Crippen LogP contribution in [0.25, 0.3) is 10.9 Å². The van der Waals surface area contributed by atoms with E-state index in [1.54, 1.807) is 7.11 Å². The highest BCUT2D eigenvalue weighted by atomic mass is 79.9. The first kappa shape index (κ1) is 21.3. The van der Waals surface area contributed by atoms with E-state index in [2.05, 4.69) is 31.2 Å². The number of aromatic nitrogens is 2. The van der Waals surface area contributed by atoms with Crippen molar-refractivity contribution in [2.75, 3.05) is 32.1 Å². The van der Waals surface area contributed by atoms with Gasteiger partial charge in [-0.3, -0.25) is 9.69 Å². The van der Waals surface area contributed by atoms with Crippen LogP contribution in [0.1, 0.15) is 13.3 Å². The number of nitrogens with zero attached hydrogens (tertiary/aromatic N) is 3. The average Bonchev–Trinajstić information content (AvgIpc) is 2.77. The molecule has 1 aliphatic rings. The quantitative estimate of drug-likeness (QED) is 0.499. The Kier molecular flexibility index (Phi) is 6.53. The number of anilines is 2. The zero-order valence-corrected chi connectivity index (χ0v) is 18.9. The number of morpholine rings is 1. The predicted octanol–water partition coefficient (Wildman–Crippen LogP) is 4.12. The molecule has 31 heavy (non-hydrogen) atoms. The van der Waals surface area contributed by atoms with E-state index in [9.17, 15) is 4.79 Å². The first-order valence-electron chi connectivity index (χ1n) is 9.99. The molecule has 1 unspecified atom stereocenters. The summed E-state index contributed by atoms with van der Waals surface area (Å²) in [7, 11) is 1.59. The summed E-state index contributed by atoms with van der Waals surface area (Å²) in [5.41, 5.74) is 1.62. The van der Waals surface area contributed by atoms with E-state index in [4.69, 9.17) is 14.2 Å². The van der Waals surface area contributed by atoms with E-state index in [1.165, 1.54) is 6.33 Å². The number of methoxy groups -OCH3 is 1. The summed E-state index contributed by atoms with van der Waals surface area (Å²) in [6.45, 7) is 3.20. The van der Waals surface area contributed by atoms with E-state index in [0.717, 1.165) is 21.1 Å². The molecule has 0 spiro atoms. The Labute approximate surface area is 188 Å². The molecule has 0 saturated carbocycles. The Balaban J connectivity index is 1.68. The summed E-state index contributed by atoms with van der Waals surface area (Å²) >= 11 is 3.49. The number of nitrogens with one attached hydrogen (secondary N) is 1. The van der Waals surface area contributed by atoms with Gasteiger partial charge in [0, 0.05) is 28.2 Å². The topological polar surface area (TPSA) is 85.8 Å². The summed E-state index contributed by atoms with van der Waals surface area (Å²) in [4.78, 5) is 22.5. The highest BCUT2D eigenvalue weighted by Crippen LogP contribution is 2.36. The van der Waals surface area contributed by atoms with Crippen molar-refractivity contribution in [3.05, 3.63) is 47.2 Å². The molecule has 0 bridgehead atoms. The zero-order chi connectivity index (χ0) is 21.8. The molecular formula is C22H23BrN4O4. The van der Waals surface area contributed by atoms with Crippen LogP contribution in [-0.2, 0) is 9.53 Å². The first-order valence-corrected chi connectivity index (χ1v) is 10.8. The van der Waals surface area contributed by atoms with Crippen LogP contribution in [0.15, 0.2) is 47.2 Å². The number of fused-ring (bicyclic) bond motifs is 1. The maximum atomic E-state index is 11.7. The van der Waals surface area contributed by atoms with Crippen molar-refractivity contribution < 1.29 is 19.0 Å². The Morgan fingerprint density at radius 3 is 2.87 bits per heavy atom. The molecule has 1 fully saturated rings. The highest BCUT2D eigenvalue weighted by Gasteiger charge is 2.26. The Morgan fingerprint density at radius 1 is 1.26 bits per heavy atom. The van der Waals surface area contributed by atoms with Gasteiger partial charge in [0.05, 0.1) is 19.2 Å². The monoisotopic (exact) mass is 486 g/mol. The molecule has 3 aromatic rings. The molecule has 0 amide bonds. The van der Waals surface area contributed by atoms with Gasteiger partial charge >= 0.3 is 5.97 Å². The normalized spacial score (nSPS) is 15.4. The number of hydrogen-bond acceptors (Lipinski definition) is 8. The maximum Gasteiger partial charge on any atom is 0.320 e. The fraction of sp³-hybridized carbons (Fsp3) is 0.318.